The molecule has 0 fully saturated rings. The molecule has 0 amide bonds. The van der Waals surface area contributed by atoms with E-state index in [-0.39, 0.29) is 16.7 Å². The molecular weight excluding hydrogens is 258 g/mol. The molecule has 1 aromatic carbocycles. The quantitative estimate of drug-likeness (QED) is 0.760. The van der Waals surface area contributed by atoms with Crippen LogP contribution in [0, 0.1) is 5.41 Å². The molecule has 108 valence electrons. The molecule has 0 bridgehead atoms. The summed E-state index contributed by atoms with van der Waals surface area (Å²) in [5, 5.41) is 0. The van der Waals surface area contributed by atoms with Crippen LogP contribution in [-0.2, 0) is 4.79 Å². The third-order valence-corrected chi connectivity index (χ3v) is 4.50. The molecule has 0 aromatic heterocycles. The largest absolute Gasteiger partial charge is 0.290 e. The molecule has 0 saturated carbocycles. The normalized spacial score (nSPS) is 27.4. The van der Waals surface area contributed by atoms with Gasteiger partial charge in [0.1, 0.15) is 0 Å². The molecule has 0 N–H and O–H groups in total. The maximum Gasteiger partial charge on any atom is 0.181 e. The third-order valence-electron chi connectivity index (χ3n) is 4.50. The van der Waals surface area contributed by atoms with Crippen molar-refractivity contribution in [2.45, 2.75) is 39.7 Å². The van der Waals surface area contributed by atoms with Gasteiger partial charge in [0.15, 0.2) is 5.78 Å². The standard InChI is InChI=1S/C19H21NO/c1-13-11-19(14(2)10-16(13)21)12-18(3,4)20-17(19)15-8-6-5-7-9-15/h5-11H,12H2,1-4H3. The van der Waals surface area contributed by atoms with Crippen LogP contribution in [0.1, 0.15) is 39.7 Å². The number of aliphatic imine (C=N–C) groups is 1. The summed E-state index contributed by atoms with van der Waals surface area (Å²) in [4.78, 5) is 17.0. The van der Waals surface area contributed by atoms with Crippen LogP contribution in [0.3, 0.4) is 0 Å². The minimum atomic E-state index is -0.233. The van der Waals surface area contributed by atoms with Crippen LogP contribution in [0.15, 0.2) is 58.6 Å². The Labute approximate surface area is 126 Å². The van der Waals surface area contributed by atoms with Gasteiger partial charge in [-0.25, -0.2) is 0 Å². The number of hydrogen-bond acceptors (Lipinski definition) is 2. The predicted octanol–water partition coefficient (Wildman–Crippen LogP) is 4.12. The molecule has 0 radical (unpaired) electrons. The van der Waals surface area contributed by atoms with Gasteiger partial charge in [0.25, 0.3) is 0 Å². The Morgan fingerprint density at radius 2 is 1.76 bits per heavy atom. The molecule has 2 nitrogen and oxygen atoms in total. The number of nitrogens with zero attached hydrogens (tertiary/aromatic N) is 1. The van der Waals surface area contributed by atoms with E-state index in [1.165, 1.54) is 0 Å². The fourth-order valence-electron chi connectivity index (χ4n) is 3.57. The van der Waals surface area contributed by atoms with Gasteiger partial charge < -0.3 is 0 Å². The molecule has 2 aliphatic rings. The second kappa shape index (κ2) is 4.52. The number of allylic oxidation sites excluding steroid dienone is 4. The first-order chi connectivity index (χ1) is 9.84. The summed E-state index contributed by atoms with van der Waals surface area (Å²) in [5.41, 5.74) is 3.82. The van der Waals surface area contributed by atoms with Crippen molar-refractivity contribution in [2.75, 3.05) is 0 Å². The summed E-state index contributed by atoms with van der Waals surface area (Å²) < 4.78 is 0. The highest BCUT2D eigenvalue weighted by Crippen LogP contribution is 2.49. The Hall–Kier alpha value is -1.96. The van der Waals surface area contributed by atoms with Crippen LogP contribution in [0.4, 0.5) is 0 Å². The van der Waals surface area contributed by atoms with Crippen molar-refractivity contribution in [1.82, 2.24) is 0 Å². The zero-order valence-electron chi connectivity index (χ0n) is 13.1. The van der Waals surface area contributed by atoms with Gasteiger partial charge in [-0.05, 0) is 51.3 Å². The highest BCUT2D eigenvalue weighted by molar-refractivity contribution is 6.14. The Bertz CT molecular complexity index is 692. The van der Waals surface area contributed by atoms with Crippen molar-refractivity contribution in [3.8, 4) is 0 Å². The Morgan fingerprint density at radius 3 is 2.43 bits per heavy atom. The maximum atomic E-state index is 12.0. The third kappa shape index (κ3) is 2.19. The van der Waals surface area contributed by atoms with Crippen molar-refractivity contribution in [3.63, 3.8) is 0 Å². The van der Waals surface area contributed by atoms with Crippen LogP contribution in [-0.4, -0.2) is 17.0 Å². The summed E-state index contributed by atoms with van der Waals surface area (Å²) in [5.74, 6) is 0.121. The average Bonchev–Trinajstić information content (AvgIpc) is 2.70. The first-order valence-corrected chi connectivity index (χ1v) is 7.42. The first kappa shape index (κ1) is 14.0. The van der Waals surface area contributed by atoms with E-state index in [9.17, 15) is 4.79 Å². The lowest BCUT2D eigenvalue weighted by atomic mass is 9.67. The van der Waals surface area contributed by atoms with E-state index in [1.807, 2.05) is 25.1 Å². The van der Waals surface area contributed by atoms with E-state index in [4.69, 9.17) is 4.99 Å². The fourth-order valence-corrected chi connectivity index (χ4v) is 3.57. The van der Waals surface area contributed by atoms with E-state index in [2.05, 4.69) is 39.0 Å². The zero-order valence-corrected chi connectivity index (χ0v) is 13.1. The lowest BCUT2D eigenvalue weighted by Gasteiger charge is -2.33. The van der Waals surface area contributed by atoms with Crippen LogP contribution < -0.4 is 0 Å². The van der Waals surface area contributed by atoms with Crippen LogP contribution in [0.2, 0.25) is 0 Å². The molecule has 1 heterocycles. The molecule has 0 saturated heterocycles. The number of carbonyl (C=O) groups excluding carboxylic acids is 1. The highest BCUT2D eigenvalue weighted by atomic mass is 16.1. The summed E-state index contributed by atoms with van der Waals surface area (Å²) in [6, 6.07) is 10.3. The molecule has 1 aliphatic heterocycles. The summed E-state index contributed by atoms with van der Waals surface area (Å²) in [6.07, 6.45) is 4.83. The first-order valence-electron chi connectivity index (χ1n) is 7.42. The molecule has 3 rings (SSSR count). The molecule has 1 atom stereocenters. The summed E-state index contributed by atoms with van der Waals surface area (Å²) in [6.45, 7) is 8.29. The molecule has 1 unspecified atom stereocenters. The minimum Gasteiger partial charge on any atom is -0.290 e. The SMILES string of the molecule is CC1=CC2(CC(C)(C)N=C2c2ccccc2)C(C)=CC1=O. The van der Waals surface area contributed by atoms with Crippen molar-refractivity contribution in [3.05, 3.63) is 59.2 Å². The van der Waals surface area contributed by atoms with E-state index in [0.717, 1.165) is 28.8 Å². The van der Waals surface area contributed by atoms with Gasteiger partial charge in [-0.15, -0.1) is 0 Å². The molecule has 2 heteroatoms. The van der Waals surface area contributed by atoms with Crippen LogP contribution >= 0.6 is 0 Å². The smallest absolute Gasteiger partial charge is 0.181 e. The maximum absolute atomic E-state index is 12.0. The Morgan fingerprint density at radius 1 is 1.10 bits per heavy atom. The average molecular weight is 279 g/mol. The van der Waals surface area contributed by atoms with E-state index in [1.54, 1.807) is 6.08 Å². The van der Waals surface area contributed by atoms with Crippen molar-refractivity contribution >= 4 is 11.5 Å². The molecule has 21 heavy (non-hydrogen) atoms. The van der Waals surface area contributed by atoms with Crippen molar-refractivity contribution in [1.29, 1.82) is 0 Å². The van der Waals surface area contributed by atoms with Crippen LogP contribution in [0.25, 0.3) is 0 Å². The summed E-state index contributed by atoms with van der Waals surface area (Å²) >= 11 is 0. The summed E-state index contributed by atoms with van der Waals surface area (Å²) in [7, 11) is 0. The van der Waals surface area contributed by atoms with E-state index < -0.39 is 0 Å². The second-order valence-corrected chi connectivity index (χ2v) is 6.81. The molecular formula is C19H21NO. The number of carbonyl (C=O) groups is 1. The van der Waals surface area contributed by atoms with Gasteiger partial charge in [-0.2, -0.15) is 0 Å². The number of benzene rings is 1. The lowest BCUT2D eigenvalue weighted by molar-refractivity contribution is -0.111. The van der Waals surface area contributed by atoms with Gasteiger partial charge in [-0.1, -0.05) is 42.0 Å². The van der Waals surface area contributed by atoms with E-state index >= 15 is 0 Å². The molecule has 1 aliphatic carbocycles. The van der Waals surface area contributed by atoms with Crippen molar-refractivity contribution < 1.29 is 4.79 Å². The van der Waals surface area contributed by atoms with Crippen LogP contribution in [0.5, 0.6) is 0 Å². The number of ketones is 1. The number of hydrogen-bond donors (Lipinski definition) is 0. The van der Waals surface area contributed by atoms with Crippen molar-refractivity contribution in [2.24, 2.45) is 10.4 Å². The highest BCUT2D eigenvalue weighted by Gasteiger charge is 2.48. The number of rotatable bonds is 1. The van der Waals surface area contributed by atoms with Gasteiger partial charge in [0.2, 0.25) is 0 Å². The monoisotopic (exact) mass is 279 g/mol. The fraction of sp³-hybridized carbons (Fsp3) is 0.368. The Balaban J connectivity index is 2.21. The molecule has 1 aromatic rings. The van der Waals surface area contributed by atoms with E-state index in [0.29, 0.717) is 0 Å². The molecule has 1 spiro atoms. The Kier molecular flexibility index (Phi) is 3.01. The van der Waals surface area contributed by atoms with Gasteiger partial charge in [-0.3, -0.25) is 9.79 Å². The second-order valence-electron chi connectivity index (χ2n) is 6.81. The van der Waals surface area contributed by atoms with Gasteiger partial charge in [0.05, 0.1) is 16.7 Å². The van der Waals surface area contributed by atoms with Gasteiger partial charge >= 0.3 is 0 Å². The van der Waals surface area contributed by atoms with Gasteiger partial charge in [0, 0.05) is 0 Å². The zero-order chi connectivity index (χ0) is 15.3. The minimum absolute atomic E-state index is 0.114. The topological polar surface area (TPSA) is 29.4 Å². The predicted molar refractivity (Wildman–Crippen MR) is 86.6 cm³/mol. The lowest BCUT2D eigenvalue weighted by Crippen LogP contribution is -2.33.